The van der Waals surface area contributed by atoms with E-state index in [2.05, 4.69) is 110 Å². The van der Waals surface area contributed by atoms with Gasteiger partial charge in [-0.25, -0.2) is 0 Å². The number of allylic oxidation sites excluding steroid dienone is 3. The molecule has 2 heteroatoms. The zero-order valence-electron chi connectivity index (χ0n) is 17.8. The first-order chi connectivity index (χ1) is 15.1. The van der Waals surface area contributed by atoms with Gasteiger partial charge in [-0.05, 0) is 64.6 Å². The van der Waals surface area contributed by atoms with E-state index in [0.29, 0.717) is 0 Å². The van der Waals surface area contributed by atoms with Gasteiger partial charge in [-0.15, -0.1) is 11.3 Å². The van der Waals surface area contributed by atoms with Gasteiger partial charge < -0.3 is 4.90 Å². The van der Waals surface area contributed by atoms with Crippen molar-refractivity contribution in [2.75, 3.05) is 7.05 Å². The van der Waals surface area contributed by atoms with E-state index in [1.165, 1.54) is 42.4 Å². The van der Waals surface area contributed by atoms with Gasteiger partial charge in [0, 0.05) is 33.4 Å². The topological polar surface area (TPSA) is 3.24 Å². The molecule has 1 nitrogen and oxygen atoms in total. The lowest BCUT2D eigenvalue weighted by atomic mass is 9.90. The molecule has 0 bridgehead atoms. The normalized spacial score (nSPS) is 16.9. The summed E-state index contributed by atoms with van der Waals surface area (Å²) in [4.78, 5) is 2.11. The molecule has 0 radical (unpaired) electrons. The summed E-state index contributed by atoms with van der Waals surface area (Å²) >= 11 is 1.87. The monoisotopic (exact) mass is 419 g/mol. The molecule has 0 fully saturated rings. The van der Waals surface area contributed by atoms with Crippen LogP contribution in [0.15, 0.2) is 97.9 Å². The number of hydrogen-bond donors (Lipinski definition) is 0. The van der Waals surface area contributed by atoms with E-state index in [1.807, 2.05) is 11.3 Å². The minimum atomic E-state index is 0.920. The maximum Gasteiger partial charge on any atom is 0.0434 e. The third kappa shape index (κ3) is 3.54. The van der Waals surface area contributed by atoms with Crippen LogP contribution >= 0.6 is 11.3 Å². The molecule has 2 heterocycles. The van der Waals surface area contributed by atoms with Gasteiger partial charge in [0.1, 0.15) is 0 Å². The second-order valence-corrected chi connectivity index (χ2v) is 9.09. The van der Waals surface area contributed by atoms with E-state index >= 15 is 0 Å². The summed E-state index contributed by atoms with van der Waals surface area (Å²) in [6, 6.07) is 21.8. The highest BCUT2D eigenvalue weighted by molar-refractivity contribution is 7.26. The van der Waals surface area contributed by atoms with Crippen LogP contribution in [0.4, 0.5) is 0 Å². The van der Waals surface area contributed by atoms with Crippen LogP contribution in [0.5, 0.6) is 0 Å². The van der Waals surface area contributed by atoms with E-state index in [9.17, 15) is 0 Å². The predicted molar refractivity (Wildman–Crippen MR) is 138 cm³/mol. The molecule has 0 spiro atoms. The van der Waals surface area contributed by atoms with Crippen LogP contribution in [0, 0.1) is 0 Å². The largest absolute Gasteiger partial charge is 0.358 e. The summed E-state index contributed by atoms with van der Waals surface area (Å²) in [5.41, 5.74) is 7.09. The molecule has 1 aliphatic rings. The highest BCUT2D eigenvalue weighted by atomic mass is 32.1. The molecule has 152 valence electrons. The average molecular weight is 420 g/mol. The van der Waals surface area contributed by atoms with Crippen LogP contribution < -0.4 is 0 Å². The third-order valence-corrected chi connectivity index (χ3v) is 7.17. The molecule has 5 rings (SSSR count). The van der Waals surface area contributed by atoms with Crippen molar-refractivity contribution in [3.63, 3.8) is 0 Å². The van der Waals surface area contributed by atoms with E-state index < -0.39 is 0 Å². The number of thiophene rings is 1. The molecule has 3 aromatic carbocycles. The maximum absolute atomic E-state index is 4.43. The van der Waals surface area contributed by atoms with Crippen LogP contribution in [0.25, 0.3) is 42.9 Å². The number of nitrogens with zero attached hydrogens (tertiary/aromatic N) is 1. The van der Waals surface area contributed by atoms with Crippen LogP contribution in [0.1, 0.15) is 24.0 Å². The fourth-order valence-electron chi connectivity index (χ4n) is 4.28. The van der Waals surface area contributed by atoms with E-state index in [0.717, 1.165) is 24.0 Å². The van der Waals surface area contributed by atoms with E-state index in [1.54, 1.807) is 0 Å². The number of benzene rings is 3. The van der Waals surface area contributed by atoms with Crippen molar-refractivity contribution in [3.05, 3.63) is 109 Å². The standard InChI is InChI=1S/C29H25NS/c1-20-10-7-8-18-30(3)19-17-25-23(21(20)2)15-16-27-28(25)26-14-9-13-24(29(26)31-27)22-11-5-4-6-12-22/h4-6,8-9,11-19H,1-2,7,10H2,3H3/b18-8-,19-17-. The Bertz CT molecular complexity index is 1370. The molecule has 0 atom stereocenters. The zero-order chi connectivity index (χ0) is 21.4. The fourth-order valence-corrected chi connectivity index (χ4v) is 5.53. The highest BCUT2D eigenvalue weighted by Gasteiger charge is 2.17. The summed E-state index contributed by atoms with van der Waals surface area (Å²) in [6.07, 6.45) is 10.6. The fraction of sp³-hybridized carbons (Fsp3) is 0.103. The first kappa shape index (κ1) is 19.6. The second-order valence-electron chi connectivity index (χ2n) is 8.04. The van der Waals surface area contributed by atoms with Gasteiger partial charge in [0.05, 0.1) is 0 Å². The average Bonchev–Trinajstić information content (AvgIpc) is 3.18. The minimum Gasteiger partial charge on any atom is -0.358 e. The molecule has 0 N–H and O–H groups in total. The van der Waals surface area contributed by atoms with Crippen molar-refractivity contribution in [3.8, 4) is 11.1 Å². The van der Waals surface area contributed by atoms with Crippen molar-refractivity contribution >= 4 is 43.2 Å². The van der Waals surface area contributed by atoms with E-state index in [-0.39, 0.29) is 0 Å². The van der Waals surface area contributed by atoms with Crippen molar-refractivity contribution in [1.29, 1.82) is 0 Å². The molecule has 0 saturated carbocycles. The predicted octanol–water partition coefficient (Wildman–Crippen LogP) is 8.50. The van der Waals surface area contributed by atoms with Crippen LogP contribution in [-0.4, -0.2) is 11.9 Å². The first-order valence-electron chi connectivity index (χ1n) is 10.6. The van der Waals surface area contributed by atoms with Crippen molar-refractivity contribution in [1.82, 2.24) is 4.90 Å². The molecule has 0 saturated heterocycles. The zero-order valence-corrected chi connectivity index (χ0v) is 18.6. The number of fused-ring (bicyclic) bond motifs is 5. The molecule has 4 aromatic rings. The van der Waals surface area contributed by atoms with Gasteiger partial charge in [-0.1, -0.05) is 73.8 Å². The lowest BCUT2D eigenvalue weighted by molar-refractivity contribution is 0.626. The Morgan fingerprint density at radius 3 is 2.55 bits per heavy atom. The Labute approximate surface area is 188 Å². The Balaban J connectivity index is 1.82. The summed E-state index contributed by atoms with van der Waals surface area (Å²) in [7, 11) is 2.08. The Hall–Kier alpha value is -3.36. The Morgan fingerprint density at radius 1 is 0.871 bits per heavy atom. The van der Waals surface area contributed by atoms with Crippen molar-refractivity contribution in [2.45, 2.75) is 12.8 Å². The lowest BCUT2D eigenvalue weighted by Crippen LogP contribution is -1.99. The van der Waals surface area contributed by atoms with Crippen LogP contribution in [-0.2, 0) is 0 Å². The van der Waals surface area contributed by atoms with Gasteiger partial charge in [0.15, 0.2) is 0 Å². The molecule has 31 heavy (non-hydrogen) atoms. The molecule has 1 aliphatic heterocycles. The molecular formula is C29H25NS. The molecular weight excluding hydrogens is 394 g/mol. The summed E-state index contributed by atoms with van der Waals surface area (Å²) in [5, 5.41) is 2.60. The van der Waals surface area contributed by atoms with Gasteiger partial charge in [0.2, 0.25) is 0 Å². The highest BCUT2D eigenvalue weighted by Crippen LogP contribution is 2.44. The minimum absolute atomic E-state index is 0.920. The Morgan fingerprint density at radius 2 is 1.71 bits per heavy atom. The third-order valence-electron chi connectivity index (χ3n) is 5.97. The summed E-state index contributed by atoms with van der Waals surface area (Å²) in [6.45, 7) is 8.76. The van der Waals surface area contributed by atoms with Gasteiger partial charge in [-0.2, -0.15) is 0 Å². The quantitative estimate of drug-likeness (QED) is 0.299. The maximum atomic E-state index is 4.43. The first-order valence-corrected chi connectivity index (χ1v) is 11.4. The number of rotatable bonds is 1. The van der Waals surface area contributed by atoms with E-state index in [4.69, 9.17) is 0 Å². The van der Waals surface area contributed by atoms with Crippen molar-refractivity contribution < 1.29 is 0 Å². The van der Waals surface area contributed by atoms with Crippen LogP contribution in [0.3, 0.4) is 0 Å². The van der Waals surface area contributed by atoms with Gasteiger partial charge >= 0.3 is 0 Å². The smallest absolute Gasteiger partial charge is 0.0434 e. The summed E-state index contributed by atoms with van der Waals surface area (Å²) in [5.74, 6) is 0. The molecule has 0 unspecified atom stereocenters. The molecule has 0 aliphatic carbocycles. The van der Waals surface area contributed by atoms with Crippen molar-refractivity contribution in [2.24, 2.45) is 0 Å². The van der Waals surface area contributed by atoms with Gasteiger partial charge in [-0.3, -0.25) is 0 Å². The molecule has 1 aromatic heterocycles. The van der Waals surface area contributed by atoms with Crippen LogP contribution in [0.2, 0.25) is 0 Å². The van der Waals surface area contributed by atoms with Gasteiger partial charge in [0.25, 0.3) is 0 Å². The Kier molecular flexibility index (Phi) is 5.09. The second kappa shape index (κ2) is 8.05. The molecule has 0 amide bonds. The number of hydrogen-bond acceptors (Lipinski definition) is 2. The lowest BCUT2D eigenvalue weighted by Gasteiger charge is -2.14. The SMILES string of the molecule is C=C1CC/C=C\N(C)/C=C\c2c(ccc3sc4c(-c5ccccc5)cccc4c23)C1=C. The summed E-state index contributed by atoms with van der Waals surface area (Å²) < 4.78 is 2.63.